The number of carbonyl (C=O) groups is 2. The van der Waals surface area contributed by atoms with Crippen LogP contribution < -0.4 is 11.1 Å². The van der Waals surface area contributed by atoms with Crippen LogP contribution >= 0.6 is 22.7 Å². The zero-order valence-corrected chi connectivity index (χ0v) is 18.4. The molecule has 8 heteroatoms. The van der Waals surface area contributed by atoms with Crippen molar-refractivity contribution in [2.75, 3.05) is 18.4 Å². The van der Waals surface area contributed by atoms with Gasteiger partial charge in [0.2, 0.25) is 5.91 Å². The monoisotopic (exact) mass is 440 g/mol. The van der Waals surface area contributed by atoms with Gasteiger partial charge in [0.05, 0.1) is 16.5 Å². The first-order valence-corrected chi connectivity index (χ1v) is 11.6. The molecule has 1 aromatic carbocycles. The molecule has 0 radical (unpaired) electrons. The molecule has 1 saturated heterocycles. The molecule has 0 bridgehead atoms. The molecular weight excluding hydrogens is 416 g/mol. The van der Waals surface area contributed by atoms with Crippen molar-refractivity contribution < 1.29 is 9.59 Å². The fourth-order valence-electron chi connectivity index (χ4n) is 3.74. The van der Waals surface area contributed by atoms with Gasteiger partial charge in [0.1, 0.15) is 9.88 Å². The van der Waals surface area contributed by atoms with E-state index >= 15 is 0 Å². The second kappa shape index (κ2) is 9.07. The van der Waals surface area contributed by atoms with Crippen molar-refractivity contribution in [3.8, 4) is 9.88 Å². The summed E-state index contributed by atoms with van der Waals surface area (Å²) < 4.78 is 0. The van der Waals surface area contributed by atoms with E-state index < -0.39 is 0 Å². The van der Waals surface area contributed by atoms with E-state index in [0.29, 0.717) is 18.0 Å². The highest BCUT2D eigenvalue weighted by Crippen LogP contribution is 2.32. The van der Waals surface area contributed by atoms with Crippen molar-refractivity contribution >= 4 is 40.2 Å². The number of carbonyl (C=O) groups excluding carboxylic acids is 2. The first kappa shape index (κ1) is 20.7. The van der Waals surface area contributed by atoms with Crippen LogP contribution in [0.5, 0.6) is 0 Å². The van der Waals surface area contributed by atoms with Crippen LogP contribution in [-0.2, 0) is 11.3 Å². The Balaban J connectivity index is 1.49. The Kier molecular flexibility index (Phi) is 6.26. The minimum absolute atomic E-state index is 0.101. The lowest BCUT2D eigenvalue weighted by Crippen LogP contribution is -2.40. The molecule has 1 fully saturated rings. The molecule has 30 heavy (non-hydrogen) atoms. The summed E-state index contributed by atoms with van der Waals surface area (Å²) in [5.41, 5.74) is 8.05. The molecule has 1 atom stereocenters. The fraction of sp³-hybridized carbons (Fsp3) is 0.318. The minimum atomic E-state index is -0.233. The summed E-state index contributed by atoms with van der Waals surface area (Å²) in [5, 5.41) is 5.94. The number of hydrogen-bond donors (Lipinski definition) is 2. The summed E-state index contributed by atoms with van der Waals surface area (Å²) >= 11 is 3.03. The van der Waals surface area contributed by atoms with Gasteiger partial charge in [-0.25, -0.2) is 4.98 Å². The summed E-state index contributed by atoms with van der Waals surface area (Å²) in [5.74, 6) is -0.478. The van der Waals surface area contributed by atoms with Gasteiger partial charge in [-0.2, -0.15) is 0 Å². The van der Waals surface area contributed by atoms with Gasteiger partial charge >= 0.3 is 0 Å². The molecule has 0 spiro atoms. The molecule has 3 aromatic rings. The minimum Gasteiger partial charge on any atom is -0.369 e. The lowest BCUT2D eigenvalue weighted by Gasteiger charge is -2.31. The Morgan fingerprint density at radius 3 is 2.87 bits per heavy atom. The van der Waals surface area contributed by atoms with Crippen molar-refractivity contribution in [1.82, 2.24) is 9.88 Å². The van der Waals surface area contributed by atoms with Crippen molar-refractivity contribution in [3.63, 3.8) is 0 Å². The molecule has 1 unspecified atom stereocenters. The quantitative estimate of drug-likeness (QED) is 0.603. The number of nitrogens with zero attached hydrogens (tertiary/aromatic N) is 2. The molecular formula is C22H24N4O2S2. The van der Waals surface area contributed by atoms with Gasteiger partial charge in [-0.05, 0) is 49.4 Å². The summed E-state index contributed by atoms with van der Waals surface area (Å²) in [6.07, 6.45) is 1.80. The van der Waals surface area contributed by atoms with Crippen molar-refractivity contribution in [2.24, 2.45) is 11.7 Å². The number of thiazole rings is 1. The Morgan fingerprint density at radius 1 is 1.27 bits per heavy atom. The van der Waals surface area contributed by atoms with Crippen molar-refractivity contribution in [1.29, 1.82) is 0 Å². The van der Waals surface area contributed by atoms with E-state index in [1.54, 1.807) is 11.3 Å². The number of anilines is 1. The normalized spacial score (nSPS) is 17.0. The summed E-state index contributed by atoms with van der Waals surface area (Å²) in [6, 6.07) is 11.8. The zero-order valence-electron chi connectivity index (χ0n) is 16.8. The van der Waals surface area contributed by atoms with Crippen LogP contribution in [0.3, 0.4) is 0 Å². The number of hydrogen-bond acceptors (Lipinski definition) is 6. The molecule has 3 heterocycles. The smallest absolute Gasteiger partial charge is 0.267 e. The average Bonchev–Trinajstić information content (AvgIpc) is 3.39. The van der Waals surface area contributed by atoms with Crippen molar-refractivity contribution in [3.05, 3.63) is 57.9 Å². The molecule has 0 saturated carbocycles. The number of nitrogens with one attached hydrogen (secondary N) is 1. The SMILES string of the molecule is Cc1nc(-c2cccs2)sc1C(=O)Nc1ccccc1CN1CCCC(C(N)=O)C1. The number of para-hydroxylation sites is 1. The summed E-state index contributed by atoms with van der Waals surface area (Å²) in [4.78, 5) is 33.1. The number of piperidine rings is 1. The predicted molar refractivity (Wildman–Crippen MR) is 122 cm³/mol. The third-order valence-electron chi connectivity index (χ3n) is 5.30. The average molecular weight is 441 g/mol. The van der Waals surface area contributed by atoms with Crippen LogP contribution in [0.1, 0.15) is 33.8 Å². The molecule has 2 amide bonds. The van der Waals surface area contributed by atoms with Crippen LogP contribution in [0.15, 0.2) is 41.8 Å². The lowest BCUT2D eigenvalue weighted by molar-refractivity contribution is -0.123. The van der Waals surface area contributed by atoms with Crippen LogP contribution in [0.2, 0.25) is 0 Å². The van der Waals surface area contributed by atoms with Crippen LogP contribution in [0.25, 0.3) is 9.88 Å². The largest absolute Gasteiger partial charge is 0.369 e. The molecule has 156 valence electrons. The standard InChI is InChI=1S/C22H24N4O2S2/c1-14-19(30-22(24-14)18-9-5-11-29-18)21(28)25-17-8-3-2-6-15(17)12-26-10-4-7-16(13-26)20(23)27/h2-3,5-6,8-9,11,16H,4,7,10,12-13H2,1H3,(H2,23,27)(H,25,28). The maximum Gasteiger partial charge on any atom is 0.267 e. The highest BCUT2D eigenvalue weighted by Gasteiger charge is 2.25. The van der Waals surface area contributed by atoms with Gasteiger partial charge in [0.25, 0.3) is 5.91 Å². The Morgan fingerprint density at radius 2 is 2.10 bits per heavy atom. The first-order chi connectivity index (χ1) is 14.5. The second-order valence-corrected chi connectivity index (χ2v) is 9.45. The topological polar surface area (TPSA) is 88.3 Å². The summed E-state index contributed by atoms with van der Waals surface area (Å²) in [6.45, 7) is 4.12. The Bertz CT molecular complexity index is 1050. The van der Waals surface area contributed by atoms with E-state index in [9.17, 15) is 9.59 Å². The van der Waals surface area contributed by atoms with Crippen LogP contribution in [0.4, 0.5) is 5.69 Å². The Hall–Kier alpha value is -2.55. The number of aryl methyl sites for hydroxylation is 1. The van der Waals surface area contributed by atoms with Gasteiger partial charge in [-0.3, -0.25) is 14.5 Å². The molecule has 0 aliphatic carbocycles. The third kappa shape index (κ3) is 4.61. The fourth-order valence-corrected chi connectivity index (χ4v) is 5.50. The maximum absolute atomic E-state index is 13.0. The number of benzene rings is 1. The van der Waals surface area contributed by atoms with E-state index in [4.69, 9.17) is 5.73 Å². The predicted octanol–water partition coefficient (Wildman–Crippen LogP) is 4.13. The molecule has 1 aliphatic rings. The van der Waals surface area contributed by atoms with E-state index in [2.05, 4.69) is 15.2 Å². The zero-order chi connectivity index (χ0) is 21.1. The highest BCUT2D eigenvalue weighted by molar-refractivity contribution is 7.22. The number of amides is 2. The van der Waals surface area contributed by atoms with Crippen LogP contribution in [-0.4, -0.2) is 34.8 Å². The van der Waals surface area contributed by atoms with E-state index in [-0.39, 0.29) is 17.7 Å². The summed E-state index contributed by atoms with van der Waals surface area (Å²) in [7, 11) is 0. The number of nitrogens with two attached hydrogens (primary N) is 1. The van der Waals surface area contributed by atoms with Gasteiger partial charge in [0, 0.05) is 18.8 Å². The number of likely N-dealkylation sites (tertiary alicyclic amines) is 1. The lowest BCUT2D eigenvalue weighted by atomic mass is 9.97. The molecule has 2 aromatic heterocycles. The molecule has 4 rings (SSSR count). The van der Waals surface area contributed by atoms with Gasteiger partial charge < -0.3 is 11.1 Å². The van der Waals surface area contributed by atoms with E-state index in [0.717, 1.165) is 46.2 Å². The van der Waals surface area contributed by atoms with Crippen molar-refractivity contribution in [2.45, 2.75) is 26.3 Å². The number of rotatable bonds is 6. The van der Waals surface area contributed by atoms with Gasteiger partial charge in [-0.15, -0.1) is 22.7 Å². The number of thiophene rings is 1. The third-order valence-corrected chi connectivity index (χ3v) is 7.50. The van der Waals surface area contributed by atoms with Gasteiger partial charge in [-0.1, -0.05) is 24.3 Å². The van der Waals surface area contributed by atoms with Gasteiger partial charge in [0.15, 0.2) is 0 Å². The molecule has 6 nitrogen and oxygen atoms in total. The highest BCUT2D eigenvalue weighted by atomic mass is 32.1. The number of primary amides is 1. The first-order valence-electron chi connectivity index (χ1n) is 9.93. The van der Waals surface area contributed by atoms with E-state index in [1.165, 1.54) is 11.3 Å². The van der Waals surface area contributed by atoms with E-state index in [1.807, 2.05) is 48.7 Å². The molecule has 3 N–H and O–H groups in total. The Labute approximate surface area is 183 Å². The number of aromatic nitrogens is 1. The van der Waals surface area contributed by atoms with Crippen LogP contribution in [0, 0.1) is 12.8 Å². The molecule has 1 aliphatic heterocycles. The second-order valence-electron chi connectivity index (χ2n) is 7.50. The maximum atomic E-state index is 13.0.